The van der Waals surface area contributed by atoms with Crippen molar-refractivity contribution in [3.63, 3.8) is 0 Å². The van der Waals surface area contributed by atoms with Gasteiger partial charge in [-0.2, -0.15) is 0 Å². The van der Waals surface area contributed by atoms with E-state index < -0.39 is 5.97 Å². The largest absolute Gasteiger partial charge is 0.481 e. The first kappa shape index (κ1) is 12.0. The van der Waals surface area contributed by atoms with Crippen LogP contribution in [0.2, 0.25) is 0 Å². The van der Waals surface area contributed by atoms with Gasteiger partial charge < -0.3 is 15.3 Å². The second-order valence-electron chi connectivity index (χ2n) is 3.85. The molecule has 1 aliphatic rings. The number of piperazine rings is 1. The summed E-state index contributed by atoms with van der Waals surface area (Å²) in [6.07, 6.45) is 1.60. The molecule has 1 aliphatic heterocycles. The smallest absolute Gasteiger partial charge is 0.303 e. The molecule has 0 spiro atoms. The Balaban J connectivity index is 2.20. The molecule has 2 N–H and O–H groups in total. The Morgan fingerprint density at radius 3 is 3.00 bits per heavy atom. The Hall–Kier alpha value is -1.10. The van der Waals surface area contributed by atoms with E-state index in [1.807, 2.05) is 11.8 Å². The van der Waals surface area contributed by atoms with Crippen LogP contribution in [0.4, 0.5) is 0 Å². The zero-order valence-corrected chi connectivity index (χ0v) is 9.03. The summed E-state index contributed by atoms with van der Waals surface area (Å²) in [5.74, 6) is -0.647. The highest BCUT2D eigenvalue weighted by Crippen LogP contribution is 2.04. The number of aliphatic carboxylic acids is 1. The van der Waals surface area contributed by atoms with Crippen LogP contribution in [0, 0.1) is 0 Å². The number of rotatable bonds is 5. The predicted molar refractivity (Wildman–Crippen MR) is 55.5 cm³/mol. The number of carbonyl (C=O) groups is 2. The minimum absolute atomic E-state index is 0.0989. The number of amides is 1. The molecular formula is C10H18N2O3. The summed E-state index contributed by atoms with van der Waals surface area (Å²) >= 11 is 0. The third-order valence-corrected chi connectivity index (χ3v) is 2.58. The minimum Gasteiger partial charge on any atom is -0.481 e. The van der Waals surface area contributed by atoms with E-state index in [-0.39, 0.29) is 18.4 Å². The van der Waals surface area contributed by atoms with Gasteiger partial charge in [0.2, 0.25) is 5.91 Å². The second kappa shape index (κ2) is 5.70. The van der Waals surface area contributed by atoms with Crippen molar-refractivity contribution in [3.05, 3.63) is 0 Å². The van der Waals surface area contributed by atoms with Crippen LogP contribution in [0.5, 0.6) is 0 Å². The molecule has 0 bridgehead atoms. The third-order valence-electron chi connectivity index (χ3n) is 2.58. The molecule has 1 rings (SSSR count). The summed E-state index contributed by atoms with van der Waals surface area (Å²) in [5, 5.41) is 11.5. The second-order valence-corrected chi connectivity index (χ2v) is 3.85. The normalized spacial score (nSPS) is 21.8. The number of carboxylic acids is 1. The van der Waals surface area contributed by atoms with Crippen molar-refractivity contribution in [2.75, 3.05) is 19.6 Å². The summed E-state index contributed by atoms with van der Waals surface area (Å²) in [4.78, 5) is 23.7. The van der Waals surface area contributed by atoms with Crippen LogP contribution in [0.1, 0.15) is 26.2 Å². The van der Waals surface area contributed by atoms with Crippen molar-refractivity contribution in [2.24, 2.45) is 0 Å². The van der Waals surface area contributed by atoms with Crippen LogP contribution >= 0.6 is 0 Å². The number of carbonyl (C=O) groups excluding carboxylic acids is 1. The summed E-state index contributed by atoms with van der Waals surface area (Å²) in [7, 11) is 0. The van der Waals surface area contributed by atoms with E-state index >= 15 is 0 Å². The topological polar surface area (TPSA) is 69.6 Å². The molecule has 0 saturated carbocycles. The molecule has 0 aromatic rings. The van der Waals surface area contributed by atoms with Gasteiger partial charge in [-0.1, -0.05) is 0 Å². The molecule has 0 aromatic carbocycles. The molecule has 1 atom stereocenters. The first-order chi connectivity index (χ1) is 7.11. The van der Waals surface area contributed by atoms with E-state index in [1.165, 1.54) is 0 Å². The number of hydrogen-bond acceptors (Lipinski definition) is 3. The average Bonchev–Trinajstić information content (AvgIpc) is 2.18. The molecule has 0 aromatic heterocycles. The maximum Gasteiger partial charge on any atom is 0.303 e. The fraction of sp³-hybridized carbons (Fsp3) is 0.800. The SMILES string of the molecule is C[C@@H]1NCCN(CCCCC(=O)O)C1=O. The third kappa shape index (κ3) is 3.87. The summed E-state index contributed by atoms with van der Waals surface area (Å²) in [6, 6.07) is -0.0989. The van der Waals surface area contributed by atoms with Crippen LogP contribution in [-0.4, -0.2) is 47.6 Å². The van der Waals surface area contributed by atoms with Crippen molar-refractivity contribution >= 4 is 11.9 Å². The van der Waals surface area contributed by atoms with Gasteiger partial charge in [0.05, 0.1) is 6.04 Å². The van der Waals surface area contributed by atoms with Crippen LogP contribution in [0.3, 0.4) is 0 Å². The standard InChI is InChI=1S/C10H18N2O3/c1-8-10(15)12(7-5-11-8)6-3-2-4-9(13)14/h8,11H,2-7H2,1H3,(H,13,14)/t8-/m0/s1. The van der Waals surface area contributed by atoms with Gasteiger partial charge in [0, 0.05) is 26.1 Å². The molecule has 5 heteroatoms. The van der Waals surface area contributed by atoms with Gasteiger partial charge in [-0.05, 0) is 19.8 Å². The summed E-state index contributed by atoms with van der Waals surface area (Å²) < 4.78 is 0. The molecule has 0 radical (unpaired) electrons. The number of nitrogens with one attached hydrogen (secondary N) is 1. The van der Waals surface area contributed by atoms with Gasteiger partial charge >= 0.3 is 5.97 Å². The predicted octanol–water partition coefficient (Wildman–Crippen LogP) is 0.0616. The van der Waals surface area contributed by atoms with Crippen LogP contribution < -0.4 is 5.32 Å². The van der Waals surface area contributed by atoms with Crippen molar-refractivity contribution in [2.45, 2.75) is 32.2 Å². The van der Waals surface area contributed by atoms with E-state index in [0.29, 0.717) is 13.0 Å². The van der Waals surface area contributed by atoms with E-state index in [9.17, 15) is 9.59 Å². The van der Waals surface area contributed by atoms with E-state index in [0.717, 1.165) is 19.5 Å². The minimum atomic E-state index is -0.769. The van der Waals surface area contributed by atoms with Crippen LogP contribution in [-0.2, 0) is 9.59 Å². The Bertz CT molecular complexity index is 243. The molecule has 15 heavy (non-hydrogen) atoms. The van der Waals surface area contributed by atoms with Crippen LogP contribution in [0.15, 0.2) is 0 Å². The lowest BCUT2D eigenvalue weighted by molar-refractivity contribution is -0.137. The molecule has 1 saturated heterocycles. The van der Waals surface area contributed by atoms with Gasteiger partial charge in [-0.15, -0.1) is 0 Å². The number of hydrogen-bond donors (Lipinski definition) is 2. The molecule has 1 amide bonds. The van der Waals surface area contributed by atoms with Gasteiger partial charge in [-0.25, -0.2) is 0 Å². The molecule has 1 heterocycles. The average molecular weight is 214 g/mol. The molecule has 5 nitrogen and oxygen atoms in total. The van der Waals surface area contributed by atoms with Gasteiger partial charge in [-0.3, -0.25) is 9.59 Å². The highest BCUT2D eigenvalue weighted by atomic mass is 16.4. The Kier molecular flexibility index (Phi) is 4.55. The number of unbranched alkanes of at least 4 members (excludes halogenated alkanes) is 1. The Morgan fingerprint density at radius 1 is 1.60 bits per heavy atom. The van der Waals surface area contributed by atoms with Gasteiger partial charge in [0.1, 0.15) is 0 Å². The Morgan fingerprint density at radius 2 is 2.33 bits per heavy atom. The van der Waals surface area contributed by atoms with Gasteiger partial charge in [0.15, 0.2) is 0 Å². The fourth-order valence-corrected chi connectivity index (χ4v) is 1.69. The van der Waals surface area contributed by atoms with Crippen molar-refractivity contribution in [3.8, 4) is 0 Å². The Labute approximate surface area is 89.4 Å². The highest BCUT2D eigenvalue weighted by Gasteiger charge is 2.23. The molecular weight excluding hydrogens is 196 g/mol. The monoisotopic (exact) mass is 214 g/mol. The lowest BCUT2D eigenvalue weighted by atomic mass is 10.2. The summed E-state index contributed by atoms with van der Waals surface area (Å²) in [5.41, 5.74) is 0. The number of carboxylic acid groups (broad SMARTS) is 1. The lowest BCUT2D eigenvalue weighted by Gasteiger charge is -2.31. The zero-order valence-electron chi connectivity index (χ0n) is 9.03. The van der Waals surface area contributed by atoms with Crippen molar-refractivity contribution in [1.29, 1.82) is 0 Å². The quantitative estimate of drug-likeness (QED) is 0.635. The lowest BCUT2D eigenvalue weighted by Crippen LogP contribution is -2.53. The van der Waals surface area contributed by atoms with E-state index in [4.69, 9.17) is 5.11 Å². The van der Waals surface area contributed by atoms with Gasteiger partial charge in [0.25, 0.3) is 0 Å². The first-order valence-electron chi connectivity index (χ1n) is 5.35. The van der Waals surface area contributed by atoms with Crippen molar-refractivity contribution in [1.82, 2.24) is 10.2 Å². The molecule has 1 fully saturated rings. The fourth-order valence-electron chi connectivity index (χ4n) is 1.69. The first-order valence-corrected chi connectivity index (χ1v) is 5.35. The summed E-state index contributed by atoms with van der Waals surface area (Å²) in [6.45, 7) is 4.09. The molecule has 0 unspecified atom stereocenters. The van der Waals surface area contributed by atoms with E-state index in [2.05, 4.69) is 5.32 Å². The zero-order chi connectivity index (χ0) is 11.3. The highest BCUT2D eigenvalue weighted by molar-refractivity contribution is 5.82. The maximum absolute atomic E-state index is 11.6. The maximum atomic E-state index is 11.6. The van der Waals surface area contributed by atoms with Crippen molar-refractivity contribution < 1.29 is 14.7 Å². The molecule has 86 valence electrons. The van der Waals surface area contributed by atoms with Crippen LogP contribution in [0.25, 0.3) is 0 Å². The van der Waals surface area contributed by atoms with E-state index in [1.54, 1.807) is 0 Å². The number of nitrogens with zero attached hydrogens (tertiary/aromatic N) is 1. The molecule has 0 aliphatic carbocycles.